The maximum absolute atomic E-state index is 12.2. The average Bonchev–Trinajstić information content (AvgIpc) is 3.41. The number of aliphatic hydroxyl groups is 2. The van der Waals surface area contributed by atoms with Crippen LogP contribution in [0.3, 0.4) is 0 Å². The summed E-state index contributed by atoms with van der Waals surface area (Å²) in [6, 6.07) is 4.68. The van der Waals surface area contributed by atoms with Crippen LogP contribution in [0.15, 0.2) is 41.3 Å². The molecule has 0 saturated carbocycles. The number of carbonyl (C=O) groups excluding carboxylic acids is 1. The third-order valence-electron chi connectivity index (χ3n) is 5.42. The zero-order valence-corrected chi connectivity index (χ0v) is 15.9. The van der Waals surface area contributed by atoms with Gasteiger partial charge in [0.15, 0.2) is 5.76 Å². The molecule has 2 fully saturated rings. The van der Waals surface area contributed by atoms with Crippen molar-refractivity contribution in [1.82, 2.24) is 20.2 Å². The first kappa shape index (κ1) is 19.8. The minimum absolute atomic E-state index is 0.208. The molecule has 4 heterocycles. The highest BCUT2D eigenvalue weighted by Gasteiger charge is 2.46. The first-order valence-electron chi connectivity index (χ1n) is 9.69. The molecular weight excluding hydrogens is 378 g/mol. The lowest BCUT2D eigenvalue weighted by molar-refractivity contribution is -0.0209. The molecule has 29 heavy (non-hydrogen) atoms. The third kappa shape index (κ3) is 4.25. The normalized spacial score (nSPS) is 27.9. The van der Waals surface area contributed by atoms with Crippen LogP contribution in [0.4, 0.5) is 5.95 Å². The summed E-state index contributed by atoms with van der Waals surface area (Å²) in [5.41, 5.74) is 0. The Kier molecular flexibility index (Phi) is 6.05. The molecule has 2 aromatic rings. The first-order chi connectivity index (χ1) is 14.2. The van der Waals surface area contributed by atoms with E-state index >= 15 is 0 Å². The van der Waals surface area contributed by atoms with E-state index in [2.05, 4.69) is 25.1 Å². The lowest BCUT2D eigenvalue weighted by Crippen LogP contribution is -2.57. The van der Waals surface area contributed by atoms with Gasteiger partial charge in [-0.2, -0.15) is 0 Å². The van der Waals surface area contributed by atoms with Crippen molar-refractivity contribution in [3.8, 4) is 0 Å². The van der Waals surface area contributed by atoms with Crippen LogP contribution in [0.25, 0.3) is 0 Å². The number of hydrogen-bond donors (Lipinski definition) is 3. The van der Waals surface area contributed by atoms with Gasteiger partial charge in [-0.25, -0.2) is 9.97 Å². The fourth-order valence-electron chi connectivity index (χ4n) is 3.96. The largest absolute Gasteiger partial charge is 0.459 e. The van der Waals surface area contributed by atoms with E-state index in [0.29, 0.717) is 32.1 Å². The summed E-state index contributed by atoms with van der Waals surface area (Å²) in [4.78, 5) is 25.0. The summed E-state index contributed by atoms with van der Waals surface area (Å²) in [5.74, 6) is 0.562. The summed E-state index contributed by atoms with van der Waals surface area (Å²) in [7, 11) is 0. The van der Waals surface area contributed by atoms with Gasteiger partial charge in [0.25, 0.3) is 5.91 Å². The van der Waals surface area contributed by atoms with Crippen molar-refractivity contribution < 1.29 is 24.2 Å². The number of ether oxygens (including phenoxy) is 1. The Balaban J connectivity index is 1.39. The molecule has 1 amide bonds. The molecule has 0 spiro atoms. The fraction of sp³-hybridized carbons (Fsp3) is 0.526. The smallest absolute Gasteiger partial charge is 0.287 e. The predicted molar refractivity (Wildman–Crippen MR) is 102 cm³/mol. The van der Waals surface area contributed by atoms with Gasteiger partial charge in [-0.1, -0.05) is 0 Å². The molecule has 0 radical (unpaired) electrons. The van der Waals surface area contributed by atoms with Gasteiger partial charge in [0, 0.05) is 45.1 Å². The molecule has 4 rings (SSSR count). The molecular formula is C19H25N5O5. The Morgan fingerprint density at radius 2 is 1.93 bits per heavy atom. The molecule has 0 unspecified atom stereocenters. The van der Waals surface area contributed by atoms with Crippen molar-refractivity contribution in [3.05, 3.63) is 42.6 Å². The number of aliphatic hydroxyl groups excluding tert-OH is 2. The van der Waals surface area contributed by atoms with Crippen LogP contribution in [0.5, 0.6) is 0 Å². The Morgan fingerprint density at radius 3 is 2.59 bits per heavy atom. The van der Waals surface area contributed by atoms with E-state index in [-0.39, 0.29) is 30.9 Å². The summed E-state index contributed by atoms with van der Waals surface area (Å²) < 4.78 is 10.9. The van der Waals surface area contributed by atoms with Gasteiger partial charge >= 0.3 is 0 Å². The van der Waals surface area contributed by atoms with Gasteiger partial charge in [0.1, 0.15) is 12.2 Å². The maximum atomic E-state index is 12.2. The molecule has 156 valence electrons. The van der Waals surface area contributed by atoms with Crippen molar-refractivity contribution >= 4 is 11.9 Å². The van der Waals surface area contributed by atoms with Crippen molar-refractivity contribution in [3.63, 3.8) is 0 Å². The van der Waals surface area contributed by atoms with E-state index in [1.165, 1.54) is 6.26 Å². The first-order valence-corrected chi connectivity index (χ1v) is 9.69. The lowest BCUT2D eigenvalue weighted by Gasteiger charge is -2.40. The van der Waals surface area contributed by atoms with E-state index in [0.717, 1.165) is 0 Å². The highest BCUT2D eigenvalue weighted by molar-refractivity contribution is 5.91. The number of furan rings is 1. The van der Waals surface area contributed by atoms with Gasteiger partial charge in [0.05, 0.1) is 25.0 Å². The number of nitrogens with zero attached hydrogens (tertiary/aromatic N) is 4. The average molecular weight is 403 g/mol. The number of aromatic nitrogens is 2. The van der Waals surface area contributed by atoms with Crippen molar-refractivity contribution in [2.75, 3.05) is 44.2 Å². The highest BCUT2D eigenvalue weighted by atomic mass is 16.5. The molecule has 2 saturated heterocycles. The van der Waals surface area contributed by atoms with Crippen LogP contribution in [-0.2, 0) is 4.74 Å². The quantitative estimate of drug-likeness (QED) is 0.563. The van der Waals surface area contributed by atoms with Gasteiger partial charge in [0.2, 0.25) is 5.95 Å². The topological polar surface area (TPSA) is 124 Å². The Bertz CT molecular complexity index is 782. The summed E-state index contributed by atoms with van der Waals surface area (Å²) in [6.45, 7) is 2.72. The second-order valence-corrected chi connectivity index (χ2v) is 7.14. The monoisotopic (exact) mass is 403 g/mol. The summed E-state index contributed by atoms with van der Waals surface area (Å²) in [6.07, 6.45) is 2.90. The van der Waals surface area contributed by atoms with E-state index < -0.39 is 18.3 Å². The zero-order valence-electron chi connectivity index (χ0n) is 15.9. The molecule has 4 atom stereocenters. The standard InChI is InChI=1S/C19H25N5O5/c25-12-15-17(26)16(14(29-15)11-22-18(27)13-3-1-10-28-13)23-6-8-24(9-7-23)19-20-4-2-5-21-19/h1-5,10,14-17,25-26H,6-9,11-12H2,(H,22,27)/t14-,15-,16-,17+/m0/s1. The van der Waals surface area contributed by atoms with E-state index in [9.17, 15) is 15.0 Å². The SMILES string of the molecule is O=C(NC[C@@H]1O[C@@H](CO)[C@@H](O)[C@H]1N1CCN(c2ncccn2)CC1)c1ccco1. The molecule has 3 N–H and O–H groups in total. The zero-order chi connectivity index (χ0) is 20.2. The molecule has 10 heteroatoms. The van der Waals surface area contributed by atoms with Crippen molar-refractivity contribution in [2.45, 2.75) is 24.4 Å². The predicted octanol–water partition coefficient (Wildman–Crippen LogP) is -0.889. The molecule has 2 aliphatic heterocycles. The van der Waals surface area contributed by atoms with Crippen LogP contribution >= 0.6 is 0 Å². The molecule has 0 aromatic carbocycles. The summed E-state index contributed by atoms with van der Waals surface area (Å²) in [5, 5.41) is 23.1. The second kappa shape index (κ2) is 8.87. The van der Waals surface area contributed by atoms with E-state index in [1.54, 1.807) is 30.6 Å². The van der Waals surface area contributed by atoms with Crippen LogP contribution in [0, 0.1) is 0 Å². The number of piperazine rings is 1. The number of amides is 1. The third-order valence-corrected chi connectivity index (χ3v) is 5.42. The molecule has 10 nitrogen and oxygen atoms in total. The summed E-state index contributed by atoms with van der Waals surface area (Å²) >= 11 is 0. The highest BCUT2D eigenvalue weighted by Crippen LogP contribution is 2.27. The van der Waals surface area contributed by atoms with Crippen LogP contribution in [0.1, 0.15) is 10.6 Å². The van der Waals surface area contributed by atoms with Crippen molar-refractivity contribution in [1.29, 1.82) is 0 Å². The number of nitrogens with one attached hydrogen (secondary N) is 1. The van der Waals surface area contributed by atoms with Crippen LogP contribution < -0.4 is 10.2 Å². The number of rotatable bonds is 6. The molecule has 0 bridgehead atoms. The van der Waals surface area contributed by atoms with E-state index in [1.807, 2.05) is 0 Å². The number of carbonyl (C=O) groups is 1. The van der Waals surface area contributed by atoms with Gasteiger partial charge < -0.3 is 29.6 Å². The lowest BCUT2D eigenvalue weighted by atomic mass is 10.0. The Morgan fingerprint density at radius 1 is 1.17 bits per heavy atom. The Labute approximate surface area is 168 Å². The van der Waals surface area contributed by atoms with E-state index in [4.69, 9.17) is 9.15 Å². The minimum atomic E-state index is -0.843. The molecule has 0 aliphatic carbocycles. The minimum Gasteiger partial charge on any atom is -0.459 e. The van der Waals surface area contributed by atoms with Gasteiger partial charge in [-0.15, -0.1) is 0 Å². The Hall–Kier alpha value is -2.53. The molecule has 2 aromatic heterocycles. The van der Waals surface area contributed by atoms with Gasteiger partial charge in [-0.05, 0) is 18.2 Å². The second-order valence-electron chi connectivity index (χ2n) is 7.14. The fourth-order valence-corrected chi connectivity index (χ4v) is 3.96. The number of hydrogen-bond acceptors (Lipinski definition) is 9. The number of anilines is 1. The van der Waals surface area contributed by atoms with Crippen LogP contribution in [0.2, 0.25) is 0 Å². The molecule has 2 aliphatic rings. The van der Waals surface area contributed by atoms with Crippen molar-refractivity contribution in [2.24, 2.45) is 0 Å². The van der Waals surface area contributed by atoms with Crippen LogP contribution in [-0.4, -0.2) is 94.7 Å². The maximum Gasteiger partial charge on any atom is 0.287 e. The van der Waals surface area contributed by atoms with Gasteiger partial charge in [-0.3, -0.25) is 9.69 Å².